The van der Waals surface area contributed by atoms with Crippen LogP contribution in [0.2, 0.25) is 0 Å². The second kappa shape index (κ2) is 4.78. The molecule has 18 heavy (non-hydrogen) atoms. The van der Waals surface area contributed by atoms with E-state index in [0.29, 0.717) is 0 Å². The maximum atomic E-state index is 11.6. The standard InChI is InChI=1S/C9H15N3O6/c10-7-6(15)8(16)12(9(17)11-7)5-1-3(14)4(2-13)18-5/h3-6,8,13-16H,1-2H2,(H2,10,11,17). The zero-order chi connectivity index (χ0) is 13.4. The molecule has 0 radical (unpaired) electrons. The molecule has 2 amide bonds. The van der Waals surface area contributed by atoms with Gasteiger partial charge in [-0.3, -0.25) is 15.6 Å². The van der Waals surface area contributed by atoms with Gasteiger partial charge >= 0.3 is 6.03 Å². The van der Waals surface area contributed by atoms with E-state index in [9.17, 15) is 20.1 Å². The molecule has 6 N–H and O–H groups in total. The average Bonchev–Trinajstić information content (AvgIpc) is 2.67. The van der Waals surface area contributed by atoms with E-state index in [4.69, 9.17) is 15.3 Å². The Balaban J connectivity index is 2.13. The van der Waals surface area contributed by atoms with Crippen molar-refractivity contribution in [2.75, 3.05) is 6.61 Å². The minimum atomic E-state index is -1.62. The van der Waals surface area contributed by atoms with Gasteiger partial charge in [0, 0.05) is 6.42 Å². The van der Waals surface area contributed by atoms with Crippen LogP contribution in [-0.4, -0.2) is 74.6 Å². The molecule has 0 saturated carbocycles. The number of amidine groups is 1. The second-order valence-electron chi connectivity index (χ2n) is 4.22. The summed E-state index contributed by atoms with van der Waals surface area (Å²) in [5.41, 5.74) is 0. The van der Waals surface area contributed by atoms with Gasteiger partial charge in [0.1, 0.15) is 18.2 Å². The minimum absolute atomic E-state index is 0.00968. The van der Waals surface area contributed by atoms with Crippen LogP contribution >= 0.6 is 0 Å². The number of aliphatic hydroxyl groups is 4. The van der Waals surface area contributed by atoms with Gasteiger partial charge in [-0.2, -0.15) is 0 Å². The van der Waals surface area contributed by atoms with E-state index in [2.05, 4.69) is 5.32 Å². The van der Waals surface area contributed by atoms with Gasteiger partial charge < -0.3 is 25.2 Å². The van der Waals surface area contributed by atoms with Crippen molar-refractivity contribution in [1.82, 2.24) is 10.2 Å². The molecule has 5 atom stereocenters. The largest absolute Gasteiger partial charge is 0.394 e. The fourth-order valence-corrected chi connectivity index (χ4v) is 2.03. The number of urea groups is 1. The summed E-state index contributed by atoms with van der Waals surface area (Å²) < 4.78 is 5.21. The Hall–Kier alpha value is -1.26. The lowest BCUT2D eigenvalue weighted by molar-refractivity contribution is -0.134. The molecule has 9 nitrogen and oxygen atoms in total. The molecule has 0 bridgehead atoms. The first-order chi connectivity index (χ1) is 8.45. The van der Waals surface area contributed by atoms with Crippen molar-refractivity contribution in [2.45, 2.75) is 37.2 Å². The van der Waals surface area contributed by atoms with Crippen LogP contribution in [0.25, 0.3) is 0 Å². The summed E-state index contributed by atoms with van der Waals surface area (Å²) >= 11 is 0. The van der Waals surface area contributed by atoms with Gasteiger partial charge in [0.25, 0.3) is 0 Å². The normalized spacial score (nSPS) is 41.1. The Bertz CT molecular complexity index is 364. The molecule has 0 aliphatic carbocycles. The van der Waals surface area contributed by atoms with Crippen LogP contribution in [0.3, 0.4) is 0 Å². The number of aliphatic hydroxyl groups excluding tert-OH is 4. The van der Waals surface area contributed by atoms with Crippen molar-refractivity contribution in [3.8, 4) is 0 Å². The third kappa shape index (κ3) is 2.06. The summed E-state index contributed by atoms with van der Waals surface area (Å²) in [6, 6.07) is -0.798. The molecule has 102 valence electrons. The number of rotatable bonds is 2. The molecule has 2 aliphatic rings. The van der Waals surface area contributed by atoms with Crippen LogP contribution in [0.4, 0.5) is 4.79 Å². The van der Waals surface area contributed by atoms with Gasteiger partial charge in [-0.25, -0.2) is 4.79 Å². The van der Waals surface area contributed by atoms with Crippen LogP contribution in [0.5, 0.6) is 0 Å². The molecular formula is C9H15N3O6. The highest BCUT2D eigenvalue weighted by Crippen LogP contribution is 2.26. The Morgan fingerprint density at radius 3 is 2.67 bits per heavy atom. The first kappa shape index (κ1) is 13.2. The van der Waals surface area contributed by atoms with Crippen molar-refractivity contribution in [2.24, 2.45) is 0 Å². The van der Waals surface area contributed by atoms with E-state index in [-0.39, 0.29) is 6.42 Å². The topological polar surface area (TPSA) is 146 Å². The zero-order valence-electron chi connectivity index (χ0n) is 9.35. The number of carbonyl (C=O) groups excluding carboxylic acids is 1. The lowest BCUT2D eigenvalue weighted by atomic mass is 10.1. The highest BCUT2D eigenvalue weighted by Gasteiger charge is 2.46. The SMILES string of the molecule is N=C1NC(=O)N(C2CC(O)C(CO)O2)C(O)C1O. The summed E-state index contributed by atoms with van der Waals surface area (Å²) in [6.45, 7) is -0.415. The number of amides is 2. The van der Waals surface area contributed by atoms with Crippen molar-refractivity contribution < 1.29 is 30.0 Å². The Morgan fingerprint density at radius 2 is 2.11 bits per heavy atom. The van der Waals surface area contributed by atoms with E-state index in [0.717, 1.165) is 4.90 Å². The molecule has 2 rings (SSSR count). The minimum Gasteiger partial charge on any atom is -0.394 e. The van der Waals surface area contributed by atoms with E-state index >= 15 is 0 Å². The Labute approximate surface area is 102 Å². The first-order valence-electron chi connectivity index (χ1n) is 5.44. The smallest absolute Gasteiger partial charge is 0.327 e. The molecule has 2 saturated heterocycles. The Morgan fingerprint density at radius 1 is 1.44 bits per heavy atom. The molecule has 5 unspecified atom stereocenters. The first-order valence-corrected chi connectivity index (χ1v) is 5.44. The van der Waals surface area contributed by atoms with Crippen molar-refractivity contribution in [1.29, 1.82) is 5.41 Å². The molecule has 0 aromatic carbocycles. The number of carbonyl (C=O) groups is 1. The molecule has 2 heterocycles. The van der Waals surface area contributed by atoms with Gasteiger partial charge in [-0.15, -0.1) is 0 Å². The van der Waals surface area contributed by atoms with E-state index < -0.39 is 49.2 Å². The number of ether oxygens (including phenoxy) is 1. The summed E-state index contributed by atoms with van der Waals surface area (Å²) in [5, 5.41) is 47.0. The number of nitrogens with one attached hydrogen (secondary N) is 2. The maximum Gasteiger partial charge on any atom is 0.327 e. The summed E-state index contributed by atoms with van der Waals surface area (Å²) in [6.07, 6.45) is -5.94. The van der Waals surface area contributed by atoms with Crippen LogP contribution in [0.15, 0.2) is 0 Å². The highest BCUT2D eigenvalue weighted by atomic mass is 16.5. The predicted molar refractivity (Wildman–Crippen MR) is 56.5 cm³/mol. The summed E-state index contributed by atoms with van der Waals surface area (Å²) in [5.74, 6) is -0.499. The third-order valence-electron chi connectivity index (χ3n) is 3.03. The number of hydrogen-bond donors (Lipinski definition) is 6. The lowest BCUT2D eigenvalue weighted by Crippen LogP contribution is -2.65. The fourth-order valence-electron chi connectivity index (χ4n) is 2.03. The molecule has 9 heteroatoms. The molecule has 0 aromatic rings. The molecule has 2 aliphatic heterocycles. The van der Waals surface area contributed by atoms with Crippen molar-refractivity contribution >= 4 is 11.9 Å². The molecule has 2 fully saturated rings. The number of hydrogen-bond acceptors (Lipinski definition) is 7. The fraction of sp³-hybridized carbons (Fsp3) is 0.778. The quantitative estimate of drug-likeness (QED) is 0.315. The van der Waals surface area contributed by atoms with Gasteiger partial charge in [-0.1, -0.05) is 0 Å². The van der Waals surface area contributed by atoms with Crippen molar-refractivity contribution in [3.05, 3.63) is 0 Å². The monoisotopic (exact) mass is 261 g/mol. The molecular weight excluding hydrogens is 246 g/mol. The Kier molecular flexibility index (Phi) is 3.50. The van der Waals surface area contributed by atoms with Crippen LogP contribution in [0.1, 0.15) is 6.42 Å². The molecule has 0 spiro atoms. The van der Waals surface area contributed by atoms with E-state index in [1.54, 1.807) is 0 Å². The summed E-state index contributed by atoms with van der Waals surface area (Å²) in [4.78, 5) is 12.4. The van der Waals surface area contributed by atoms with Gasteiger partial charge in [0.2, 0.25) is 0 Å². The van der Waals surface area contributed by atoms with Crippen molar-refractivity contribution in [3.63, 3.8) is 0 Å². The average molecular weight is 261 g/mol. The second-order valence-corrected chi connectivity index (χ2v) is 4.22. The van der Waals surface area contributed by atoms with E-state index in [1.165, 1.54) is 0 Å². The number of nitrogens with zero attached hydrogens (tertiary/aromatic N) is 1. The maximum absolute atomic E-state index is 11.6. The highest BCUT2D eigenvalue weighted by molar-refractivity contribution is 6.00. The van der Waals surface area contributed by atoms with Gasteiger partial charge in [0.15, 0.2) is 12.3 Å². The molecule has 0 aromatic heterocycles. The lowest BCUT2D eigenvalue weighted by Gasteiger charge is -2.38. The summed E-state index contributed by atoms with van der Waals surface area (Å²) in [7, 11) is 0. The predicted octanol–water partition coefficient (Wildman–Crippen LogP) is -2.86. The van der Waals surface area contributed by atoms with Gasteiger partial charge in [0.05, 0.1) is 12.7 Å². The van der Waals surface area contributed by atoms with Crippen LogP contribution < -0.4 is 5.32 Å². The van der Waals surface area contributed by atoms with Crippen LogP contribution in [-0.2, 0) is 4.74 Å². The van der Waals surface area contributed by atoms with Gasteiger partial charge in [-0.05, 0) is 0 Å². The van der Waals surface area contributed by atoms with Crippen LogP contribution in [0, 0.1) is 5.41 Å². The zero-order valence-corrected chi connectivity index (χ0v) is 9.35. The van der Waals surface area contributed by atoms with E-state index in [1.807, 2.05) is 0 Å². The third-order valence-corrected chi connectivity index (χ3v) is 3.03.